The third-order valence-electron chi connectivity index (χ3n) is 2.13. The molecule has 0 radical (unpaired) electrons. The molecule has 0 heterocycles. The first-order valence-corrected chi connectivity index (χ1v) is 4.42. The smallest absolute Gasteiger partial charge is 0.0948 e. The molecular formula is C11H13NO. The summed E-state index contributed by atoms with van der Waals surface area (Å²) in [7, 11) is 0. The van der Waals surface area contributed by atoms with Gasteiger partial charge in [-0.1, -0.05) is 37.3 Å². The predicted octanol–water partition coefficient (Wildman–Crippen LogP) is 2.27. The quantitative estimate of drug-likeness (QED) is 0.765. The zero-order chi connectivity index (χ0) is 9.68. The number of rotatable bonds is 3. The second kappa shape index (κ2) is 4.64. The van der Waals surface area contributed by atoms with Crippen molar-refractivity contribution in [3.8, 4) is 6.07 Å². The van der Waals surface area contributed by atoms with Gasteiger partial charge in [-0.3, -0.25) is 0 Å². The van der Waals surface area contributed by atoms with Gasteiger partial charge in [0.25, 0.3) is 0 Å². The van der Waals surface area contributed by atoms with E-state index in [0.29, 0.717) is 6.42 Å². The van der Waals surface area contributed by atoms with Crippen molar-refractivity contribution in [2.75, 3.05) is 0 Å². The number of benzene rings is 1. The molecule has 0 fully saturated rings. The van der Waals surface area contributed by atoms with E-state index in [1.807, 2.05) is 37.3 Å². The molecule has 0 spiro atoms. The maximum atomic E-state index is 9.76. The average molecular weight is 175 g/mol. The van der Waals surface area contributed by atoms with Crippen LogP contribution in [0.2, 0.25) is 0 Å². The van der Waals surface area contributed by atoms with Gasteiger partial charge in [0, 0.05) is 0 Å². The van der Waals surface area contributed by atoms with Crippen LogP contribution in [0.1, 0.15) is 25.0 Å². The lowest BCUT2D eigenvalue weighted by atomic mass is 9.95. The molecule has 2 nitrogen and oxygen atoms in total. The van der Waals surface area contributed by atoms with E-state index >= 15 is 0 Å². The molecule has 0 aliphatic carbocycles. The summed E-state index contributed by atoms with van der Waals surface area (Å²) < 4.78 is 0. The van der Waals surface area contributed by atoms with Crippen LogP contribution in [0.5, 0.6) is 0 Å². The van der Waals surface area contributed by atoms with Crippen LogP contribution in [0.4, 0.5) is 0 Å². The van der Waals surface area contributed by atoms with Gasteiger partial charge in [0.2, 0.25) is 0 Å². The molecule has 0 unspecified atom stereocenters. The summed E-state index contributed by atoms with van der Waals surface area (Å²) in [6.45, 7) is 1.90. The molecule has 0 aliphatic heterocycles. The molecule has 0 aliphatic rings. The molecule has 2 heteroatoms. The first kappa shape index (κ1) is 9.76. The topological polar surface area (TPSA) is 44.0 Å². The molecule has 0 bridgehead atoms. The van der Waals surface area contributed by atoms with Crippen molar-refractivity contribution >= 4 is 0 Å². The Hall–Kier alpha value is -1.33. The zero-order valence-electron chi connectivity index (χ0n) is 7.64. The van der Waals surface area contributed by atoms with Gasteiger partial charge in [-0.25, -0.2) is 0 Å². The molecule has 0 saturated carbocycles. The normalized spacial score (nSPS) is 14.5. The molecular weight excluding hydrogens is 162 g/mol. The van der Waals surface area contributed by atoms with Crippen LogP contribution in [0.25, 0.3) is 0 Å². The minimum atomic E-state index is -0.656. The summed E-state index contributed by atoms with van der Waals surface area (Å²) in [5.74, 6) is -0.303. The van der Waals surface area contributed by atoms with E-state index in [9.17, 15) is 5.11 Å². The average Bonchev–Trinajstić information content (AvgIpc) is 2.21. The third kappa shape index (κ3) is 2.30. The zero-order valence-corrected chi connectivity index (χ0v) is 7.64. The van der Waals surface area contributed by atoms with Crippen molar-refractivity contribution in [2.45, 2.75) is 19.4 Å². The number of aliphatic hydroxyl groups is 1. The fourth-order valence-electron chi connectivity index (χ4n) is 1.27. The fourth-order valence-corrected chi connectivity index (χ4v) is 1.27. The van der Waals surface area contributed by atoms with E-state index in [1.165, 1.54) is 0 Å². The van der Waals surface area contributed by atoms with Crippen molar-refractivity contribution in [1.82, 2.24) is 0 Å². The Kier molecular flexibility index (Phi) is 3.48. The molecule has 1 N–H and O–H groups in total. The Morgan fingerprint density at radius 3 is 2.46 bits per heavy atom. The summed E-state index contributed by atoms with van der Waals surface area (Å²) in [4.78, 5) is 0. The van der Waals surface area contributed by atoms with Gasteiger partial charge in [-0.15, -0.1) is 0 Å². The molecule has 13 heavy (non-hydrogen) atoms. The van der Waals surface area contributed by atoms with Crippen LogP contribution in [-0.2, 0) is 0 Å². The van der Waals surface area contributed by atoms with E-state index in [-0.39, 0.29) is 5.92 Å². The molecule has 1 aromatic rings. The minimum absolute atomic E-state index is 0.303. The van der Waals surface area contributed by atoms with E-state index in [1.54, 1.807) is 0 Å². The van der Waals surface area contributed by atoms with Crippen LogP contribution < -0.4 is 0 Å². The molecule has 0 amide bonds. The highest BCUT2D eigenvalue weighted by Gasteiger charge is 2.17. The summed E-state index contributed by atoms with van der Waals surface area (Å²) in [5, 5.41) is 18.5. The van der Waals surface area contributed by atoms with Gasteiger partial charge < -0.3 is 5.11 Å². The van der Waals surface area contributed by atoms with Gasteiger partial charge in [0.1, 0.15) is 0 Å². The van der Waals surface area contributed by atoms with Gasteiger partial charge in [-0.2, -0.15) is 5.26 Å². The lowest BCUT2D eigenvalue weighted by Gasteiger charge is -2.14. The highest BCUT2D eigenvalue weighted by Crippen LogP contribution is 2.23. The first-order valence-electron chi connectivity index (χ1n) is 4.42. The lowest BCUT2D eigenvalue weighted by molar-refractivity contribution is 0.133. The highest BCUT2D eigenvalue weighted by atomic mass is 16.3. The van der Waals surface area contributed by atoms with E-state index in [0.717, 1.165) is 5.56 Å². The SMILES string of the molecule is CC[C@@H](C#N)[C@@H](O)c1ccccc1. The van der Waals surface area contributed by atoms with Crippen LogP contribution in [-0.4, -0.2) is 5.11 Å². The van der Waals surface area contributed by atoms with E-state index in [2.05, 4.69) is 6.07 Å². The summed E-state index contributed by atoms with van der Waals surface area (Å²) in [5.41, 5.74) is 0.816. The third-order valence-corrected chi connectivity index (χ3v) is 2.13. The van der Waals surface area contributed by atoms with Crippen LogP contribution in [0.15, 0.2) is 30.3 Å². The Morgan fingerprint density at radius 1 is 1.38 bits per heavy atom. The summed E-state index contributed by atoms with van der Waals surface area (Å²) in [6, 6.07) is 11.4. The van der Waals surface area contributed by atoms with Crippen LogP contribution >= 0.6 is 0 Å². The standard InChI is InChI=1S/C11H13NO/c1-2-9(8-12)11(13)10-6-4-3-5-7-10/h3-7,9,11,13H,2H2,1H3/t9-,11+/m0/s1. The van der Waals surface area contributed by atoms with E-state index in [4.69, 9.17) is 5.26 Å². The number of aliphatic hydroxyl groups excluding tert-OH is 1. The molecule has 2 atom stereocenters. The Labute approximate surface area is 78.4 Å². The first-order chi connectivity index (χ1) is 6.29. The minimum Gasteiger partial charge on any atom is -0.387 e. The Morgan fingerprint density at radius 2 is 2.00 bits per heavy atom. The Bertz CT molecular complexity index is 289. The van der Waals surface area contributed by atoms with Crippen molar-refractivity contribution in [1.29, 1.82) is 5.26 Å². The lowest BCUT2D eigenvalue weighted by Crippen LogP contribution is -2.09. The number of hydrogen-bond donors (Lipinski definition) is 1. The molecule has 0 saturated heterocycles. The largest absolute Gasteiger partial charge is 0.387 e. The Balaban J connectivity index is 2.79. The molecule has 0 aromatic heterocycles. The van der Waals surface area contributed by atoms with Gasteiger partial charge in [0.15, 0.2) is 0 Å². The van der Waals surface area contributed by atoms with Gasteiger partial charge in [-0.05, 0) is 12.0 Å². The van der Waals surface area contributed by atoms with Gasteiger partial charge >= 0.3 is 0 Å². The fraction of sp³-hybridized carbons (Fsp3) is 0.364. The highest BCUT2D eigenvalue weighted by molar-refractivity contribution is 5.19. The van der Waals surface area contributed by atoms with Crippen molar-refractivity contribution in [2.24, 2.45) is 5.92 Å². The van der Waals surface area contributed by atoms with Crippen molar-refractivity contribution in [3.05, 3.63) is 35.9 Å². The molecule has 68 valence electrons. The van der Waals surface area contributed by atoms with Crippen LogP contribution in [0.3, 0.4) is 0 Å². The number of hydrogen-bond acceptors (Lipinski definition) is 2. The second-order valence-corrected chi connectivity index (χ2v) is 3.00. The number of nitrogens with zero attached hydrogens (tertiary/aromatic N) is 1. The number of nitriles is 1. The summed E-state index contributed by atoms with van der Waals surface area (Å²) >= 11 is 0. The molecule has 1 rings (SSSR count). The predicted molar refractivity (Wildman–Crippen MR) is 50.8 cm³/mol. The van der Waals surface area contributed by atoms with Crippen LogP contribution in [0, 0.1) is 17.2 Å². The maximum Gasteiger partial charge on any atom is 0.0948 e. The second-order valence-electron chi connectivity index (χ2n) is 3.00. The van der Waals surface area contributed by atoms with Crippen molar-refractivity contribution < 1.29 is 5.11 Å². The molecule has 1 aromatic carbocycles. The van der Waals surface area contributed by atoms with E-state index < -0.39 is 6.10 Å². The monoisotopic (exact) mass is 175 g/mol. The maximum absolute atomic E-state index is 9.76. The summed E-state index contributed by atoms with van der Waals surface area (Å²) in [6.07, 6.45) is 0.0169. The van der Waals surface area contributed by atoms with Crippen molar-refractivity contribution in [3.63, 3.8) is 0 Å². The van der Waals surface area contributed by atoms with Gasteiger partial charge in [0.05, 0.1) is 18.1 Å².